The van der Waals surface area contributed by atoms with E-state index in [9.17, 15) is 5.11 Å². The fraction of sp³-hybridized carbons (Fsp3) is 0.455. The minimum atomic E-state index is -0.0656. The van der Waals surface area contributed by atoms with Crippen LogP contribution in [0.1, 0.15) is 31.0 Å². The van der Waals surface area contributed by atoms with Crippen molar-refractivity contribution in [1.82, 2.24) is 4.90 Å². The Kier molecular flexibility index (Phi) is 5.59. The van der Waals surface area contributed by atoms with Crippen molar-refractivity contribution in [3.8, 4) is 17.2 Å². The van der Waals surface area contributed by atoms with Crippen LogP contribution in [0.25, 0.3) is 0 Å². The molecule has 2 aliphatic rings. The number of phenolic OH excluding ortho intramolecular Hbond substituents is 1. The van der Waals surface area contributed by atoms with Gasteiger partial charge in [-0.2, -0.15) is 0 Å². The summed E-state index contributed by atoms with van der Waals surface area (Å²) >= 11 is 0. The minimum absolute atomic E-state index is 0.0656. The van der Waals surface area contributed by atoms with Gasteiger partial charge in [0.2, 0.25) is 6.79 Å². The average Bonchev–Trinajstić information content (AvgIpc) is 3.18. The van der Waals surface area contributed by atoms with Crippen LogP contribution >= 0.6 is 0 Å². The number of fused-ring (bicyclic) bond motifs is 1. The SMILES string of the molecule is CCN(CC)c1ccc([C@H](c2cc3c(cc2O)OCO3)N2CCOCC2)cc1. The molecule has 0 spiro atoms. The van der Waals surface area contributed by atoms with Crippen LogP contribution in [0.2, 0.25) is 0 Å². The van der Waals surface area contributed by atoms with E-state index >= 15 is 0 Å². The van der Waals surface area contributed by atoms with Crippen LogP contribution < -0.4 is 14.4 Å². The number of rotatable bonds is 6. The van der Waals surface area contributed by atoms with Gasteiger partial charge in [-0.25, -0.2) is 0 Å². The van der Waals surface area contributed by atoms with E-state index in [1.54, 1.807) is 6.07 Å². The van der Waals surface area contributed by atoms with E-state index in [4.69, 9.17) is 14.2 Å². The van der Waals surface area contributed by atoms with E-state index in [1.807, 2.05) is 6.07 Å². The summed E-state index contributed by atoms with van der Waals surface area (Å²) in [4.78, 5) is 4.68. The first-order valence-corrected chi connectivity index (χ1v) is 10.0. The van der Waals surface area contributed by atoms with E-state index in [2.05, 4.69) is 47.9 Å². The molecule has 6 nitrogen and oxygen atoms in total. The number of hydrogen-bond donors (Lipinski definition) is 1. The third-order valence-corrected chi connectivity index (χ3v) is 5.56. The van der Waals surface area contributed by atoms with Gasteiger partial charge in [-0.15, -0.1) is 0 Å². The summed E-state index contributed by atoms with van der Waals surface area (Å²) in [5.41, 5.74) is 3.19. The Morgan fingerprint density at radius 3 is 2.29 bits per heavy atom. The average molecular weight is 384 g/mol. The predicted molar refractivity (Wildman–Crippen MR) is 108 cm³/mol. The number of nitrogens with zero attached hydrogens (tertiary/aromatic N) is 2. The summed E-state index contributed by atoms with van der Waals surface area (Å²) in [7, 11) is 0. The lowest BCUT2D eigenvalue weighted by Gasteiger charge is -2.35. The van der Waals surface area contributed by atoms with Crippen molar-refractivity contribution in [3.63, 3.8) is 0 Å². The first-order chi connectivity index (χ1) is 13.7. The summed E-state index contributed by atoms with van der Waals surface area (Å²) in [5, 5.41) is 10.8. The summed E-state index contributed by atoms with van der Waals surface area (Å²) in [5.74, 6) is 1.51. The molecule has 28 heavy (non-hydrogen) atoms. The van der Waals surface area contributed by atoms with Crippen molar-refractivity contribution in [2.24, 2.45) is 0 Å². The molecule has 6 heteroatoms. The number of anilines is 1. The van der Waals surface area contributed by atoms with Crippen LogP contribution in [0.5, 0.6) is 17.2 Å². The zero-order valence-corrected chi connectivity index (χ0v) is 16.6. The van der Waals surface area contributed by atoms with Crippen molar-refractivity contribution < 1.29 is 19.3 Å². The molecule has 4 rings (SSSR count). The normalized spacial score (nSPS) is 17.5. The summed E-state index contributed by atoms with van der Waals surface area (Å²) < 4.78 is 16.5. The van der Waals surface area contributed by atoms with E-state index in [-0.39, 0.29) is 18.6 Å². The molecule has 2 aromatic rings. The second-order valence-electron chi connectivity index (χ2n) is 7.08. The highest BCUT2D eigenvalue weighted by Gasteiger charge is 2.29. The van der Waals surface area contributed by atoms with Gasteiger partial charge >= 0.3 is 0 Å². The Morgan fingerprint density at radius 2 is 1.64 bits per heavy atom. The quantitative estimate of drug-likeness (QED) is 0.824. The van der Waals surface area contributed by atoms with Crippen molar-refractivity contribution in [3.05, 3.63) is 47.5 Å². The second kappa shape index (κ2) is 8.29. The van der Waals surface area contributed by atoms with Gasteiger partial charge in [0.25, 0.3) is 0 Å². The molecule has 1 atom stereocenters. The highest BCUT2D eigenvalue weighted by molar-refractivity contribution is 5.55. The van der Waals surface area contributed by atoms with Crippen LogP contribution in [0.15, 0.2) is 36.4 Å². The Hall–Kier alpha value is -2.44. The molecule has 0 unspecified atom stereocenters. The predicted octanol–water partition coefficient (Wildman–Crippen LogP) is 3.39. The molecule has 0 amide bonds. The number of morpholine rings is 1. The first kappa shape index (κ1) is 18.9. The van der Waals surface area contributed by atoms with E-state index in [0.717, 1.165) is 37.3 Å². The molecule has 0 radical (unpaired) electrons. The molecule has 0 bridgehead atoms. The molecule has 2 aliphatic heterocycles. The van der Waals surface area contributed by atoms with Gasteiger partial charge in [-0.05, 0) is 37.6 Å². The van der Waals surface area contributed by atoms with E-state index in [1.165, 1.54) is 5.69 Å². The van der Waals surface area contributed by atoms with Gasteiger partial charge in [-0.3, -0.25) is 4.90 Å². The number of hydrogen-bond acceptors (Lipinski definition) is 6. The zero-order chi connectivity index (χ0) is 19.5. The highest BCUT2D eigenvalue weighted by atomic mass is 16.7. The van der Waals surface area contributed by atoms with Crippen LogP contribution in [-0.4, -0.2) is 56.2 Å². The number of benzene rings is 2. The van der Waals surface area contributed by atoms with E-state index in [0.29, 0.717) is 24.7 Å². The number of ether oxygens (including phenoxy) is 3. The highest BCUT2D eigenvalue weighted by Crippen LogP contribution is 2.43. The molecular weight excluding hydrogens is 356 g/mol. The molecule has 1 saturated heterocycles. The number of aromatic hydroxyl groups is 1. The molecule has 1 N–H and O–H groups in total. The molecule has 1 fully saturated rings. The number of phenols is 1. The van der Waals surface area contributed by atoms with Crippen molar-refractivity contribution in [2.45, 2.75) is 19.9 Å². The lowest BCUT2D eigenvalue weighted by Crippen LogP contribution is -2.39. The van der Waals surface area contributed by atoms with Crippen molar-refractivity contribution >= 4 is 5.69 Å². The smallest absolute Gasteiger partial charge is 0.231 e. The molecule has 2 aromatic carbocycles. The van der Waals surface area contributed by atoms with Gasteiger partial charge in [0, 0.05) is 43.5 Å². The largest absolute Gasteiger partial charge is 0.507 e. The molecule has 0 aromatic heterocycles. The van der Waals surface area contributed by atoms with Crippen LogP contribution in [0, 0.1) is 0 Å². The van der Waals surface area contributed by atoms with E-state index < -0.39 is 0 Å². The lowest BCUT2D eigenvalue weighted by molar-refractivity contribution is 0.0235. The summed E-state index contributed by atoms with van der Waals surface area (Å²) in [6.07, 6.45) is 0. The summed E-state index contributed by atoms with van der Waals surface area (Å²) in [6, 6.07) is 12.2. The second-order valence-corrected chi connectivity index (χ2v) is 7.08. The Balaban J connectivity index is 1.72. The maximum atomic E-state index is 10.8. The zero-order valence-electron chi connectivity index (χ0n) is 16.6. The van der Waals surface area contributed by atoms with Gasteiger partial charge in [0.15, 0.2) is 11.5 Å². The topological polar surface area (TPSA) is 54.4 Å². The van der Waals surface area contributed by atoms with Gasteiger partial charge in [-0.1, -0.05) is 12.1 Å². The Bertz CT molecular complexity index is 799. The van der Waals surface area contributed by atoms with Crippen LogP contribution in [0.3, 0.4) is 0 Å². The lowest BCUT2D eigenvalue weighted by atomic mass is 9.95. The molecular formula is C22H28N2O4. The van der Waals surface area contributed by atoms with Crippen molar-refractivity contribution in [2.75, 3.05) is 51.1 Å². The third kappa shape index (κ3) is 3.62. The molecule has 2 heterocycles. The molecule has 0 aliphatic carbocycles. The van der Waals surface area contributed by atoms with Crippen LogP contribution in [-0.2, 0) is 4.74 Å². The Morgan fingerprint density at radius 1 is 1.00 bits per heavy atom. The fourth-order valence-electron chi connectivity index (χ4n) is 4.04. The maximum Gasteiger partial charge on any atom is 0.231 e. The summed E-state index contributed by atoms with van der Waals surface area (Å²) in [6.45, 7) is 9.50. The fourth-order valence-corrected chi connectivity index (χ4v) is 4.04. The Labute approximate surface area is 166 Å². The maximum absolute atomic E-state index is 10.8. The monoisotopic (exact) mass is 384 g/mol. The van der Waals surface area contributed by atoms with Gasteiger partial charge in [0.1, 0.15) is 5.75 Å². The molecule has 150 valence electrons. The van der Waals surface area contributed by atoms with Gasteiger partial charge in [0.05, 0.1) is 19.3 Å². The first-order valence-electron chi connectivity index (χ1n) is 10.0. The third-order valence-electron chi connectivity index (χ3n) is 5.56. The van der Waals surface area contributed by atoms with Gasteiger partial charge < -0.3 is 24.2 Å². The van der Waals surface area contributed by atoms with Crippen molar-refractivity contribution in [1.29, 1.82) is 0 Å². The minimum Gasteiger partial charge on any atom is -0.507 e. The molecule has 0 saturated carbocycles. The standard InChI is InChI=1S/C22H28N2O4/c1-3-23(4-2)17-7-5-16(6-8-17)22(24-9-11-26-12-10-24)18-13-20-21(14-19(18)25)28-15-27-20/h5-8,13-14,22,25H,3-4,9-12,15H2,1-2H3/t22-/m1/s1. The van der Waals surface area contributed by atoms with Crippen LogP contribution in [0.4, 0.5) is 5.69 Å².